The van der Waals surface area contributed by atoms with Gasteiger partial charge in [0.1, 0.15) is 18.2 Å². The minimum absolute atomic E-state index is 0.139. The van der Waals surface area contributed by atoms with Crippen LogP contribution in [0.2, 0.25) is 0 Å². The average molecular weight is 590 g/mol. The van der Waals surface area contributed by atoms with Crippen molar-refractivity contribution in [2.45, 2.75) is 58.8 Å². The van der Waals surface area contributed by atoms with Crippen molar-refractivity contribution in [2.24, 2.45) is 0 Å². The first-order valence-corrected chi connectivity index (χ1v) is 14.2. The van der Waals surface area contributed by atoms with E-state index in [9.17, 15) is 19.2 Å². The average Bonchev–Trinajstić information content (AvgIpc) is 2.97. The van der Waals surface area contributed by atoms with E-state index >= 15 is 0 Å². The molecule has 3 rings (SSSR count). The Hall–Kier alpha value is -4.86. The number of ether oxygens (including phenoxy) is 3. The molecule has 10 nitrogen and oxygen atoms in total. The summed E-state index contributed by atoms with van der Waals surface area (Å²) in [4.78, 5) is 50.4. The molecule has 0 saturated carbocycles. The van der Waals surface area contributed by atoms with Crippen LogP contribution in [0, 0.1) is 0 Å². The van der Waals surface area contributed by atoms with E-state index in [-0.39, 0.29) is 26.2 Å². The van der Waals surface area contributed by atoms with E-state index in [0.717, 1.165) is 5.56 Å². The van der Waals surface area contributed by atoms with Crippen molar-refractivity contribution in [2.75, 3.05) is 18.5 Å². The molecule has 0 aliphatic heterocycles. The molecular weight excluding hydrogens is 550 g/mol. The fourth-order valence-corrected chi connectivity index (χ4v) is 4.08. The molecule has 3 N–H and O–H groups in total. The molecule has 0 unspecified atom stereocenters. The van der Waals surface area contributed by atoms with E-state index in [4.69, 9.17) is 14.2 Å². The van der Waals surface area contributed by atoms with Crippen LogP contribution in [0.4, 0.5) is 15.3 Å². The van der Waals surface area contributed by atoms with E-state index in [0.29, 0.717) is 28.8 Å². The third kappa shape index (κ3) is 11.1. The molecule has 0 radical (unpaired) electrons. The molecule has 0 aliphatic carbocycles. The number of amides is 3. The Morgan fingerprint density at radius 3 is 2.28 bits per heavy atom. The highest BCUT2D eigenvalue weighted by atomic mass is 16.6. The molecule has 0 aromatic heterocycles. The molecule has 0 spiro atoms. The molecule has 3 aromatic rings. The number of carbonyl (C=O) groups is 4. The number of nitrogens with one attached hydrogen (secondary N) is 3. The molecule has 1 atom stereocenters. The van der Waals surface area contributed by atoms with Crippen LogP contribution >= 0.6 is 0 Å². The Morgan fingerprint density at radius 2 is 1.56 bits per heavy atom. The summed E-state index contributed by atoms with van der Waals surface area (Å²) in [5, 5.41) is 8.22. The van der Waals surface area contributed by atoms with E-state index in [1.54, 1.807) is 58.0 Å². The number of benzene rings is 3. The number of para-hydroxylation sites is 1. The lowest BCUT2D eigenvalue weighted by molar-refractivity contribution is -0.118. The summed E-state index contributed by atoms with van der Waals surface area (Å²) in [5.74, 6) is -0.906. The molecule has 3 amide bonds. The highest BCUT2D eigenvalue weighted by Crippen LogP contribution is 2.29. The van der Waals surface area contributed by atoms with Crippen molar-refractivity contribution in [1.82, 2.24) is 10.6 Å². The second-order valence-electron chi connectivity index (χ2n) is 10.7. The molecule has 228 valence electrons. The number of anilines is 1. The molecule has 0 aliphatic rings. The number of hydrogen-bond donors (Lipinski definition) is 3. The van der Waals surface area contributed by atoms with Crippen molar-refractivity contribution in [3.8, 4) is 11.1 Å². The summed E-state index contributed by atoms with van der Waals surface area (Å²) in [6, 6.07) is 22.4. The largest absolute Gasteiger partial charge is 0.462 e. The fraction of sp³-hybridized carbons (Fsp3) is 0.333. The second kappa shape index (κ2) is 16.0. The lowest BCUT2D eigenvalue weighted by Crippen LogP contribution is -2.46. The standard InChI is InChI=1S/C33H39N3O7/c1-5-41-30(38)25-16-11-15-24(21-25)26-17-9-10-18-27(26)35-29(37)28(36-32(40)43-33(2,3)4)19-12-20-34-31(39)42-22-23-13-7-6-8-14-23/h6-11,13-18,21,28H,5,12,19-20,22H2,1-4H3,(H,34,39)(H,35,37)(H,36,40)/t28-/m0/s1. The van der Waals surface area contributed by atoms with Crippen LogP contribution in [0.15, 0.2) is 78.9 Å². The SMILES string of the molecule is CCOC(=O)c1cccc(-c2ccccc2NC(=O)[C@H](CCCNC(=O)OCc2ccccc2)NC(=O)OC(C)(C)C)c1. The Morgan fingerprint density at radius 1 is 0.837 bits per heavy atom. The zero-order chi connectivity index (χ0) is 31.2. The van der Waals surface area contributed by atoms with Crippen molar-refractivity contribution in [3.63, 3.8) is 0 Å². The van der Waals surface area contributed by atoms with E-state index in [1.807, 2.05) is 48.5 Å². The van der Waals surface area contributed by atoms with Gasteiger partial charge in [0.15, 0.2) is 0 Å². The van der Waals surface area contributed by atoms with Gasteiger partial charge in [-0.1, -0.05) is 60.7 Å². The zero-order valence-corrected chi connectivity index (χ0v) is 25.0. The molecule has 43 heavy (non-hydrogen) atoms. The number of carbonyl (C=O) groups excluding carboxylic acids is 4. The normalized spacial score (nSPS) is 11.5. The van der Waals surface area contributed by atoms with Crippen LogP contribution in [0.25, 0.3) is 11.1 Å². The first-order chi connectivity index (χ1) is 20.6. The smallest absolute Gasteiger partial charge is 0.408 e. The van der Waals surface area contributed by atoms with Crippen molar-refractivity contribution >= 4 is 29.8 Å². The molecule has 0 heterocycles. The van der Waals surface area contributed by atoms with Gasteiger partial charge in [-0.25, -0.2) is 14.4 Å². The number of hydrogen-bond acceptors (Lipinski definition) is 7. The predicted octanol–water partition coefficient (Wildman–Crippen LogP) is 6.07. The van der Waals surface area contributed by atoms with Crippen molar-refractivity contribution in [1.29, 1.82) is 0 Å². The van der Waals surface area contributed by atoms with Crippen molar-refractivity contribution in [3.05, 3.63) is 90.0 Å². The third-order valence-corrected chi connectivity index (χ3v) is 6.03. The van der Waals surface area contributed by atoms with Crippen LogP contribution in [0.1, 0.15) is 56.5 Å². The van der Waals surface area contributed by atoms with Crippen molar-refractivity contribution < 1.29 is 33.4 Å². The summed E-state index contributed by atoms with van der Waals surface area (Å²) in [7, 11) is 0. The van der Waals surface area contributed by atoms with E-state index < -0.39 is 35.7 Å². The van der Waals surface area contributed by atoms with Crippen LogP contribution < -0.4 is 16.0 Å². The lowest BCUT2D eigenvalue weighted by atomic mass is 10.0. The maximum atomic E-state index is 13.5. The predicted molar refractivity (Wildman–Crippen MR) is 163 cm³/mol. The second-order valence-corrected chi connectivity index (χ2v) is 10.7. The molecule has 0 saturated heterocycles. The maximum absolute atomic E-state index is 13.5. The van der Waals surface area contributed by atoms with Gasteiger partial charge in [0.05, 0.1) is 12.2 Å². The monoisotopic (exact) mass is 589 g/mol. The van der Waals surface area contributed by atoms with Crippen LogP contribution in [-0.2, 0) is 25.6 Å². The number of alkyl carbamates (subject to hydrolysis) is 2. The van der Waals surface area contributed by atoms with E-state index in [2.05, 4.69) is 16.0 Å². The minimum Gasteiger partial charge on any atom is -0.462 e. The highest BCUT2D eigenvalue weighted by molar-refractivity contribution is 6.00. The topological polar surface area (TPSA) is 132 Å². The van der Waals surface area contributed by atoms with Gasteiger partial charge >= 0.3 is 18.2 Å². The Bertz CT molecular complexity index is 1390. The Kier molecular flexibility index (Phi) is 12.1. The first-order valence-electron chi connectivity index (χ1n) is 14.2. The van der Waals surface area contributed by atoms with Gasteiger partial charge in [0.2, 0.25) is 5.91 Å². The number of esters is 1. The molecular formula is C33H39N3O7. The summed E-state index contributed by atoms with van der Waals surface area (Å²) in [6.45, 7) is 7.55. The van der Waals surface area contributed by atoms with Crippen LogP contribution in [0.5, 0.6) is 0 Å². The molecule has 0 fully saturated rings. The third-order valence-electron chi connectivity index (χ3n) is 6.03. The fourth-order valence-electron chi connectivity index (χ4n) is 4.08. The summed E-state index contributed by atoms with van der Waals surface area (Å²) >= 11 is 0. The Balaban J connectivity index is 1.67. The van der Waals surface area contributed by atoms with Crippen LogP contribution in [0.3, 0.4) is 0 Å². The summed E-state index contributed by atoms with van der Waals surface area (Å²) in [5.41, 5.74) is 2.37. The maximum Gasteiger partial charge on any atom is 0.408 e. The summed E-state index contributed by atoms with van der Waals surface area (Å²) in [6.07, 6.45) is -0.732. The summed E-state index contributed by atoms with van der Waals surface area (Å²) < 4.78 is 15.7. The quantitative estimate of drug-likeness (QED) is 0.133. The minimum atomic E-state index is -0.962. The zero-order valence-electron chi connectivity index (χ0n) is 25.0. The molecule has 0 bridgehead atoms. The van der Waals surface area contributed by atoms with Gasteiger partial charge in [-0.15, -0.1) is 0 Å². The van der Waals surface area contributed by atoms with Gasteiger partial charge in [-0.3, -0.25) is 4.79 Å². The lowest BCUT2D eigenvalue weighted by Gasteiger charge is -2.24. The van der Waals surface area contributed by atoms with Gasteiger partial charge in [-0.2, -0.15) is 0 Å². The Labute approximate surface area is 252 Å². The van der Waals surface area contributed by atoms with Gasteiger partial charge in [0.25, 0.3) is 0 Å². The molecule has 10 heteroatoms. The van der Waals surface area contributed by atoms with Gasteiger partial charge < -0.3 is 30.2 Å². The van der Waals surface area contributed by atoms with Crippen LogP contribution in [-0.4, -0.2) is 48.9 Å². The molecule has 3 aromatic carbocycles. The first kappa shape index (κ1) is 32.7. The van der Waals surface area contributed by atoms with E-state index in [1.165, 1.54) is 0 Å². The van der Waals surface area contributed by atoms with Gasteiger partial charge in [-0.05, 0) is 69.9 Å². The highest BCUT2D eigenvalue weighted by Gasteiger charge is 2.25. The van der Waals surface area contributed by atoms with Gasteiger partial charge in [0, 0.05) is 17.8 Å². The number of rotatable bonds is 12.